The van der Waals surface area contributed by atoms with Gasteiger partial charge in [-0.3, -0.25) is 4.99 Å². The standard InChI is InChI=1S/C18H19N/c1-18(16-10-6-3-7-11-16)13-12-17(19-14-18)15-8-4-2-5-9-15/h2-11,14,17H,12-13H2,1H3/t17-,18+/m1/s1. The first-order valence-corrected chi connectivity index (χ1v) is 6.93. The summed E-state index contributed by atoms with van der Waals surface area (Å²) in [6, 6.07) is 21.6. The molecule has 1 aliphatic heterocycles. The number of hydrogen-bond acceptors (Lipinski definition) is 1. The summed E-state index contributed by atoms with van der Waals surface area (Å²) in [4.78, 5) is 4.80. The Morgan fingerprint density at radius 2 is 1.58 bits per heavy atom. The van der Waals surface area contributed by atoms with Crippen LogP contribution in [0.15, 0.2) is 65.7 Å². The van der Waals surface area contributed by atoms with Gasteiger partial charge in [-0.05, 0) is 24.0 Å². The molecule has 0 amide bonds. The predicted molar refractivity (Wildman–Crippen MR) is 80.7 cm³/mol. The number of benzene rings is 2. The number of nitrogens with zero attached hydrogens (tertiary/aromatic N) is 1. The van der Waals surface area contributed by atoms with E-state index in [1.807, 2.05) is 0 Å². The van der Waals surface area contributed by atoms with E-state index in [-0.39, 0.29) is 5.41 Å². The van der Waals surface area contributed by atoms with Crippen LogP contribution in [0.5, 0.6) is 0 Å². The molecule has 2 aromatic rings. The molecule has 0 saturated heterocycles. The topological polar surface area (TPSA) is 12.4 Å². The molecule has 1 nitrogen and oxygen atoms in total. The highest BCUT2D eigenvalue weighted by atomic mass is 14.8. The lowest BCUT2D eigenvalue weighted by molar-refractivity contribution is 0.478. The van der Waals surface area contributed by atoms with Crippen molar-refractivity contribution in [2.45, 2.75) is 31.2 Å². The van der Waals surface area contributed by atoms with Crippen LogP contribution >= 0.6 is 0 Å². The molecular formula is C18H19N. The van der Waals surface area contributed by atoms with E-state index in [0.29, 0.717) is 6.04 Å². The summed E-state index contributed by atoms with van der Waals surface area (Å²) in [5.74, 6) is 0. The van der Waals surface area contributed by atoms with Crippen LogP contribution in [0.3, 0.4) is 0 Å². The van der Waals surface area contributed by atoms with E-state index >= 15 is 0 Å². The van der Waals surface area contributed by atoms with Crippen LogP contribution in [0.25, 0.3) is 0 Å². The minimum absolute atomic E-state index is 0.0898. The number of aliphatic imine (C=N–C) groups is 1. The molecule has 0 radical (unpaired) electrons. The molecule has 0 aromatic heterocycles. The molecule has 0 spiro atoms. The summed E-state index contributed by atoms with van der Waals surface area (Å²) in [6.45, 7) is 2.28. The molecule has 0 fully saturated rings. The van der Waals surface area contributed by atoms with Crippen molar-refractivity contribution in [3.63, 3.8) is 0 Å². The molecule has 0 aliphatic carbocycles. The number of rotatable bonds is 2. The maximum atomic E-state index is 4.80. The molecule has 1 heterocycles. The minimum Gasteiger partial charge on any atom is -0.289 e. The fourth-order valence-electron chi connectivity index (χ4n) is 2.80. The van der Waals surface area contributed by atoms with Crippen molar-refractivity contribution in [3.8, 4) is 0 Å². The molecule has 0 unspecified atom stereocenters. The zero-order valence-corrected chi connectivity index (χ0v) is 11.3. The van der Waals surface area contributed by atoms with Crippen LogP contribution in [-0.2, 0) is 5.41 Å². The third-order valence-electron chi connectivity index (χ3n) is 4.09. The third kappa shape index (κ3) is 2.46. The van der Waals surface area contributed by atoms with Crippen molar-refractivity contribution in [1.82, 2.24) is 0 Å². The van der Waals surface area contributed by atoms with E-state index in [4.69, 9.17) is 4.99 Å². The quantitative estimate of drug-likeness (QED) is 0.740. The van der Waals surface area contributed by atoms with Crippen LogP contribution in [0.2, 0.25) is 0 Å². The van der Waals surface area contributed by atoms with Crippen molar-refractivity contribution in [1.29, 1.82) is 0 Å². The van der Waals surface area contributed by atoms with Gasteiger partial charge in [-0.2, -0.15) is 0 Å². The Balaban J connectivity index is 1.84. The molecule has 2 atom stereocenters. The van der Waals surface area contributed by atoms with E-state index in [0.717, 1.165) is 12.8 Å². The lowest BCUT2D eigenvalue weighted by Gasteiger charge is -2.32. The zero-order chi connectivity index (χ0) is 13.1. The van der Waals surface area contributed by atoms with Crippen molar-refractivity contribution < 1.29 is 0 Å². The Bertz CT molecular complexity index is 559. The summed E-state index contributed by atoms with van der Waals surface area (Å²) in [5.41, 5.74) is 2.78. The predicted octanol–water partition coefficient (Wildman–Crippen LogP) is 4.55. The summed E-state index contributed by atoms with van der Waals surface area (Å²) in [7, 11) is 0. The fourth-order valence-corrected chi connectivity index (χ4v) is 2.80. The normalized spacial score (nSPS) is 26.3. The molecule has 0 N–H and O–H groups in total. The molecular weight excluding hydrogens is 230 g/mol. The lowest BCUT2D eigenvalue weighted by Crippen LogP contribution is -2.28. The maximum absolute atomic E-state index is 4.80. The second-order valence-electron chi connectivity index (χ2n) is 5.53. The largest absolute Gasteiger partial charge is 0.289 e. The van der Waals surface area contributed by atoms with Crippen molar-refractivity contribution in [2.24, 2.45) is 4.99 Å². The molecule has 0 bridgehead atoms. The zero-order valence-electron chi connectivity index (χ0n) is 11.3. The average Bonchev–Trinajstić information content (AvgIpc) is 2.50. The van der Waals surface area contributed by atoms with Crippen LogP contribution in [-0.4, -0.2) is 6.21 Å². The number of hydrogen-bond donors (Lipinski definition) is 0. The molecule has 1 heteroatoms. The first-order valence-electron chi connectivity index (χ1n) is 6.93. The first-order chi connectivity index (χ1) is 9.28. The summed E-state index contributed by atoms with van der Waals surface area (Å²) in [6.07, 6.45) is 4.43. The second kappa shape index (κ2) is 5.00. The van der Waals surface area contributed by atoms with Gasteiger partial charge in [0.25, 0.3) is 0 Å². The highest BCUT2D eigenvalue weighted by Crippen LogP contribution is 2.36. The SMILES string of the molecule is C[C@@]1(c2ccccc2)C=N[C@@H](c2ccccc2)CC1. The second-order valence-corrected chi connectivity index (χ2v) is 5.53. The minimum atomic E-state index is 0.0898. The summed E-state index contributed by atoms with van der Waals surface area (Å²) in [5, 5.41) is 0. The van der Waals surface area contributed by atoms with Gasteiger partial charge in [0.05, 0.1) is 6.04 Å². The highest BCUT2D eigenvalue weighted by Gasteiger charge is 2.29. The maximum Gasteiger partial charge on any atom is 0.0745 e. The third-order valence-corrected chi connectivity index (χ3v) is 4.09. The van der Waals surface area contributed by atoms with Crippen molar-refractivity contribution >= 4 is 6.21 Å². The van der Waals surface area contributed by atoms with E-state index in [1.54, 1.807) is 0 Å². The fraction of sp³-hybridized carbons (Fsp3) is 0.278. The average molecular weight is 249 g/mol. The first kappa shape index (κ1) is 12.2. The summed E-state index contributed by atoms with van der Waals surface area (Å²) >= 11 is 0. The van der Waals surface area contributed by atoms with E-state index < -0.39 is 0 Å². The van der Waals surface area contributed by atoms with Gasteiger partial charge in [0.1, 0.15) is 0 Å². The van der Waals surface area contributed by atoms with E-state index in [2.05, 4.69) is 73.8 Å². The molecule has 2 aromatic carbocycles. The molecule has 0 saturated carbocycles. The summed E-state index contributed by atoms with van der Waals surface area (Å²) < 4.78 is 0. The van der Waals surface area contributed by atoms with Crippen molar-refractivity contribution in [2.75, 3.05) is 0 Å². The van der Waals surface area contributed by atoms with E-state index in [9.17, 15) is 0 Å². The Kier molecular flexibility index (Phi) is 3.20. The monoisotopic (exact) mass is 249 g/mol. The van der Waals surface area contributed by atoms with Crippen LogP contribution in [0, 0.1) is 0 Å². The Labute approximate surface area is 115 Å². The van der Waals surface area contributed by atoms with Gasteiger partial charge >= 0.3 is 0 Å². The van der Waals surface area contributed by atoms with Gasteiger partial charge in [0, 0.05) is 11.6 Å². The van der Waals surface area contributed by atoms with Gasteiger partial charge in [-0.25, -0.2) is 0 Å². The lowest BCUT2D eigenvalue weighted by atomic mass is 9.76. The Morgan fingerprint density at radius 1 is 0.947 bits per heavy atom. The van der Waals surface area contributed by atoms with Gasteiger partial charge in [-0.1, -0.05) is 67.6 Å². The molecule has 3 rings (SSSR count). The molecule has 19 heavy (non-hydrogen) atoms. The smallest absolute Gasteiger partial charge is 0.0745 e. The van der Waals surface area contributed by atoms with Gasteiger partial charge < -0.3 is 0 Å². The van der Waals surface area contributed by atoms with E-state index in [1.165, 1.54) is 11.1 Å². The molecule has 1 aliphatic rings. The molecule has 96 valence electrons. The van der Waals surface area contributed by atoms with Crippen LogP contribution < -0.4 is 0 Å². The Hall–Kier alpha value is -1.89. The highest BCUT2D eigenvalue weighted by molar-refractivity contribution is 5.74. The van der Waals surface area contributed by atoms with Gasteiger partial charge in [0.15, 0.2) is 0 Å². The van der Waals surface area contributed by atoms with Crippen molar-refractivity contribution in [3.05, 3.63) is 71.8 Å². The van der Waals surface area contributed by atoms with Gasteiger partial charge in [-0.15, -0.1) is 0 Å². The Morgan fingerprint density at radius 3 is 2.16 bits per heavy atom. The van der Waals surface area contributed by atoms with Crippen LogP contribution in [0.1, 0.15) is 36.9 Å². The van der Waals surface area contributed by atoms with Gasteiger partial charge in [0.2, 0.25) is 0 Å². The van der Waals surface area contributed by atoms with Crippen LogP contribution in [0.4, 0.5) is 0 Å².